The molecule has 0 spiro atoms. The van der Waals surface area contributed by atoms with E-state index in [9.17, 15) is 9.59 Å². The van der Waals surface area contributed by atoms with Crippen LogP contribution in [-0.4, -0.2) is 29.6 Å². The van der Waals surface area contributed by atoms with Gasteiger partial charge in [-0.3, -0.25) is 9.59 Å². The van der Waals surface area contributed by atoms with E-state index in [0.29, 0.717) is 11.3 Å². The number of nitrogens with one attached hydrogen (secondary N) is 1. The fraction of sp³-hybridized carbons (Fsp3) is 0.231. The van der Waals surface area contributed by atoms with Crippen molar-refractivity contribution >= 4 is 33.9 Å². The number of halogens is 1. The van der Waals surface area contributed by atoms with Gasteiger partial charge in [-0.2, -0.15) is 0 Å². The van der Waals surface area contributed by atoms with Gasteiger partial charge in [-0.25, -0.2) is 0 Å². The summed E-state index contributed by atoms with van der Waals surface area (Å²) >= 11 is 3.34. The monoisotopic (exact) mass is 325 g/mol. The van der Waals surface area contributed by atoms with Gasteiger partial charge in [-0.15, -0.1) is 0 Å². The third kappa shape index (κ3) is 3.14. The molecule has 1 aliphatic rings. The highest BCUT2D eigenvalue weighted by molar-refractivity contribution is 9.10. The van der Waals surface area contributed by atoms with Gasteiger partial charge in [0, 0.05) is 10.0 Å². The molecule has 0 aliphatic carbocycles. The summed E-state index contributed by atoms with van der Waals surface area (Å²) in [6.45, 7) is 1.54. The number of amides is 1. The van der Waals surface area contributed by atoms with Crippen LogP contribution in [0.25, 0.3) is 6.08 Å². The van der Waals surface area contributed by atoms with Crippen LogP contribution in [0.5, 0.6) is 5.75 Å². The van der Waals surface area contributed by atoms with Crippen molar-refractivity contribution in [2.75, 3.05) is 6.61 Å². The second-order valence-corrected chi connectivity index (χ2v) is 5.09. The molecule has 1 heterocycles. The van der Waals surface area contributed by atoms with Crippen LogP contribution in [0.15, 0.2) is 28.2 Å². The average molecular weight is 326 g/mol. The number of carboxylic acids is 1. The molecule has 1 unspecified atom stereocenters. The molecule has 1 atom stereocenters. The minimum atomic E-state index is -1.08. The number of ether oxygens (including phenoxy) is 1. The molecular weight excluding hydrogens is 314 g/mol. The molecule has 100 valence electrons. The Bertz CT molecular complexity index is 568. The molecule has 1 amide bonds. The van der Waals surface area contributed by atoms with Gasteiger partial charge in [-0.1, -0.05) is 15.9 Å². The Hall–Kier alpha value is -1.82. The first-order chi connectivity index (χ1) is 8.97. The summed E-state index contributed by atoms with van der Waals surface area (Å²) in [5, 5.41) is 11.1. The largest absolute Gasteiger partial charge is 0.488 e. The lowest BCUT2D eigenvalue weighted by molar-refractivity contribution is -0.140. The van der Waals surface area contributed by atoms with Gasteiger partial charge in [0.1, 0.15) is 18.4 Å². The van der Waals surface area contributed by atoms with Crippen LogP contribution in [0.2, 0.25) is 0 Å². The predicted molar refractivity (Wildman–Crippen MR) is 72.9 cm³/mol. The maximum absolute atomic E-state index is 11.9. The topological polar surface area (TPSA) is 75.6 Å². The van der Waals surface area contributed by atoms with Crippen molar-refractivity contribution in [3.63, 3.8) is 0 Å². The zero-order valence-electron chi connectivity index (χ0n) is 10.1. The van der Waals surface area contributed by atoms with Gasteiger partial charge < -0.3 is 15.2 Å². The van der Waals surface area contributed by atoms with E-state index in [4.69, 9.17) is 9.84 Å². The number of carbonyl (C=O) groups is 2. The average Bonchev–Trinajstić information content (AvgIpc) is 2.37. The van der Waals surface area contributed by atoms with E-state index < -0.39 is 17.9 Å². The number of rotatable bonds is 3. The number of carboxylic acid groups (broad SMARTS) is 1. The SMILES string of the molecule is CC(NC(=O)C1=Cc2cc(Br)ccc2OC1)C(=O)O. The highest BCUT2D eigenvalue weighted by atomic mass is 79.9. The van der Waals surface area contributed by atoms with Gasteiger partial charge in [0.2, 0.25) is 0 Å². The van der Waals surface area contributed by atoms with Gasteiger partial charge in [0.05, 0.1) is 5.57 Å². The van der Waals surface area contributed by atoms with Crippen LogP contribution < -0.4 is 10.1 Å². The van der Waals surface area contributed by atoms with Crippen LogP contribution in [0.4, 0.5) is 0 Å². The third-order valence-corrected chi connectivity index (χ3v) is 3.19. The molecule has 0 aromatic heterocycles. The van der Waals surface area contributed by atoms with Crippen molar-refractivity contribution in [2.45, 2.75) is 13.0 Å². The van der Waals surface area contributed by atoms with Crippen molar-refractivity contribution in [3.8, 4) is 5.75 Å². The summed E-state index contributed by atoms with van der Waals surface area (Å²) in [4.78, 5) is 22.6. The summed E-state index contributed by atoms with van der Waals surface area (Å²) in [7, 11) is 0. The molecule has 0 radical (unpaired) electrons. The Balaban J connectivity index is 2.18. The number of hydrogen-bond donors (Lipinski definition) is 2. The van der Waals surface area contributed by atoms with Crippen LogP contribution in [0.1, 0.15) is 12.5 Å². The summed E-state index contributed by atoms with van der Waals surface area (Å²) in [5.41, 5.74) is 1.19. The zero-order chi connectivity index (χ0) is 14.0. The molecule has 0 fully saturated rings. The molecule has 0 saturated heterocycles. The maximum atomic E-state index is 11.9. The summed E-state index contributed by atoms with van der Waals surface area (Å²) in [6.07, 6.45) is 1.70. The van der Waals surface area contributed by atoms with Crippen molar-refractivity contribution in [2.24, 2.45) is 0 Å². The van der Waals surface area contributed by atoms with Crippen molar-refractivity contribution in [1.82, 2.24) is 5.32 Å². The van der Waals surface area contributed by atoms with Gasteiger partial charge in [-0.05, 0) is 31.2 Å². The molecule has 5 nitrogen and oxygen atoms in total. The molecule has 0 saturated carbocycles. The normalized spacial score (nSPS) is 14.7. The van der Waals surface area contributed by atoms with E-state index in [2.05, 4.69) is 21.2 Å². The first kappa shape index (κ1) is 13.6. The van der Waals surface area contributed by atoms with E-state index >= 15 is 0 Å². The highest BCUT2D eigenvalue weighted by Crippen LogP contribution is 2.29. The molecule has 19 heavy (non-hydrogen) atoms. The molecule has 1 aromatic rings. The Morgan fingerprint density at radius 2 is 2.21 bits per heavy atom. The quantitative estimate of drug-likeness (QED) is 0.888. The molecule has 1 aliphatic heterocycles. The van der Waals surface area contributed by atoms with Crippen molar-refractivity contribution in [3.05, 3.63) is 33.8 Å². The Morgan fingerprint density at radius 3 is 2.89 bits per heavy atom. The smallest absolute Gasteiger partial charge is 0.325 e. The first-order valence-electron chi connectivity index (χ1n) is 5.64. The standard InChI is InChI=1S/C13H12BrNO4/c1-7(13(17)18)15-12(16)9-4-8-5-10(14)2-3-11(8)19-6-9/h2-5,7H,6H2,1H3,(H,15,16)(H,17,18). The minimum absolute atomic E-state index is 0.132. The van der Waals surface area contributed by atoms with E-state index in [-0.39, 0.29) is 6.61 Å². The lowest BCUT2D eigenvalue weighted by Gasteiger charge is -2.18. The Kier molecular flexibility index (Phi) is 3.90. The molecule has 2 N–H and O–H groups in total. The fourth-order valence-corrected chi connectivity index (χ4v) is 2.01. The summed E-state index contributed by atoms with van der Waals surface area (Å²) in [5.74, 6) is -0.805. The number of benzene rings is 1. The second-order valence-electron chi connectivity index (χ2n) is 4.17. The number of aliphatic carboxylic acids is 1. The van der Waals surface area contributed by atoms with Gasteiger partial charge in [0.25, 0.3) is 5.91 Å². The van der Waals surface area contributed by atoms with E-state index in [1.54, 1.807) is 6.08 Å². The molecule has 6 heteroatoms. The van der Waals surface area contributed by atoms with Crippen LogP contribution in [-0.2, 0) is 9.59 Å². The predicted octanol–water partition coefficient (Wildman–Crippen LogP) is 1.81. The van der Waals surface area contributed by atoms with E-state index in [1.165, 1.54) is 6.92 Å². The summed E-state index contributed by atoms with van der Waals surface area (Å²) < 4.78 is 6.34. The molecular formula is C13H12BrNO4. The van der Waals surface area contributed by atoms with Crippen molar-refractivity contribution < 1.29 is 19.4 Å². The summed E-state index contributed by atoms with van der Waals surface area (Å²) in [6, 6.07) is 4.56. The second kappa shape index (κ2) is 5.44. The van der Waals surface area contributed by atoms with Gasteiger partial charge in [0.15, 0.2) is 0 Å². The zero-order valence-corrected chi connectivity index (χ0v) is 11.7. The lowest BCUT2D eigenvalue weighted by Crippen LogP contribution is -2.40. The Labute approximate surface area is 118 Å². The minimum Gasteiger partial charge on any atom is -0.488 e. The number of fused-ring (bicyclic) bond motifs is 1. The highest BCUT2D eigenvalue weighted by Gasteiger charge is 2.20. The van der Waals surface area contributed by atoms with Crippen LogP contribution >= 0.6 is 15.9 Å². The maximum Gasteiger partial charge on any atom is 0.325 e. The van der Waals surface area contributed by atoms with Crippen molar-refractivity contribution in [1.29, 1.82) is 0 Å². The molecule has 0 bridgehead atoms. The lowest BCUT2D eigenvalue weighted by atomic mass is 10.1. The number of carbonyl (C=O) groups excluding carboxylic acids is 1. The fourth-order valence-electron chi connectivity index (χ4n) is 1.63. The molecule has 2 rings (SSSR count). The van der Waals surface area contributed by atoms with E-state index in [0.717, 1.165) is 10.0 Å². The van der Waals surface area contributed by atoms with Crippen LogP contribution in [0, 0.1) is 0 Å². The third-order valence-electron chi connectivity index (χ3n) is 2.69. The van der Waals surface area contributed by atoms with Gasteiger partial charge >= 0.3 is 5.97 Å². The van der Waals surface area contributed by atoms with Crippen LogP contribution in [0.3, 0.4) is 0 Å². The first-order valence-corrected chi connectivity index (χ1v) is 6.43. The van der Waals surface area contributed by atoms with E-state index in [1.807, 2.05) is 18.2 Å². The number of hydrogen-bond acceptors (Lipinski definition) is 3. The molecule has 1 aromatic carbocycles. The Morgan fingerprint density at radius 1 is 1.47 bits per heavy atom.